The van der Waals surface area contributed by atoms with E-state index < -0.39 is 0 Å². The molecule has 1 aliphatic rings. The summed E-state index contributed by atoms with van der Waals surface area (Å²) < 4.78 is 5.45. The van der Waals surface area contributed by atoms with Crippen molar-refractivity contribution in [3.63, 3.8) is 0 Å². The maximum atomic E-state index is 10.6. The molecule has 4 heteroatoms. The SMILES string of the molecule is O=Cc1ccc(CN(Cc2cccs2)C2CC2)o1. The average Bonchev–Trinajstić information content (AvgIpc) is 2.92. The van der Waals surface area contributed by atoms with Gasteiger partial charge in [0.25, 0.3) is 0 Å². The van der Waals surface area contributed by atoms with Gasteiger partial charge in [-0.3, -0.25) is 9.69 Å². The van der Waals surface area contributed by atoms with Crippen LogP contribution in [0.15, 0.2) is 34.1 Å². The number of thiophene rings is 1. The van der Waals surface area contributed by atoms with Gasteiger partial charge in [-0.05, 0) is 36.4 Å². The number of nitrogens with zero attached hydrogens (tertiary/aromatic N) is 1. The smallest absolute Gasteiger partial charge is 0.185 e. The topological polar surface area (TPSA) is 33.5 Å². The Morgan fingerprint density at radius 3 is 2.83 bits per heavy atom. The number of furan rings is 1. The van der Waals surface area contributed by atoms with E-state index in [1.165, 1.54) is 17.7 Å². The van der Waals surface area contributed by atoms with Crippen LogP contribution in [-0.4, -0.2) is 17.2 Å². The first-order chi connectivity index (χ1) is 8.85. The first kappa shape index (κ1) is 11.7. The van der Waals surface area contributed by atoms with E-state index in [0.717, 1.165) is 25.1 Å². The molecule has 3 nitrogen and oxygen atoms in total. The van der Waals surface area contributed by atoms with Gasteiger partial charge in [-0.15, -0.1) is 11.3 Å². The minimum absolute atomic E-state index is 0.414. The van der Waals surface area contributed by atoms with Gasteiger partial charge < -0.3 is 4.42 Å². The molecule has 1 aliphatic carbocycles. The van der Waals surface area contributed by atoms with Gasteiger partial charge in [0.15, 0.2) is 12.0 Å². The zero-order valence-electron chi connectivity index (χ0n) is 10.0. The van der Waals surface area contributed by atoms with Crippen LogP contribution < -0.4 is 0 Å². The molecule has 18 heavy (non-hydrogen) atoms. The van der Waals surface area contributed by atoms with Crippen LogP contribution >= 0.6 is 11.3 Å². The Kier molecular flexibility index (Phi) is 3.30. The lowest BCUT2D eigenvalue weighted by Gasteiger charge is -2.19. The zero-order valence-corrected chi connectivity index (χ0v) is 10.9. The quantitative estimate of drug-likeness (QED) is 0.748. The summed E-state index contributed by atoms with van der Waals surface area (Å²) in [6.45, 7) is 1.76. The van der Waals surface area contributed by atoms with Crippen LogP contribution in [0.5, 0.6) is 0 Å². The number of carbonyl (C=O) groups is 1. The molecule has 2 heterocycles. The normalized spacial score (nSPS) is 15.2. The number of aldehydes is 1. The highest BCUT2D eigenvalue weighted by Gasteiger charge is 2.29. The van der Waals surface area contributed by atoms with Crippen molar-refractivity contribution in [3.8, 4) is 0 Å². The average molecular weight is 261 g/mol. The third-order valence-corrected chi connectivity index (χ3v) is 4.02. The highest BCUT2D eigenvalue weighted by Crippen LogP contribution is 2.30. The zero-order chi connectivity index (χ0) is 12.4. The molecule has 0 atom stereocenters. The Balaban J connectivity index is 1.68. The largest absolute Gasteiger partial charge is 0.457 e. The molecule has 0 radical (unpaired) electrons. The van der Waals surface area contributed by atoms with Crippen molar-refractivity contribution >= 4 is 17.6 Å². The Hall–Kier alpha value is -1.39. The summed E-state index contributed by atoms with van der Waals surface area (Å²) in [4.78, 5) is 14.4. The second-order valence-electron chi connectivity index (χ2n) is 4.64. The van der Waals surface area contributed by atoms with Crippen molar-refractivity contribution in [1.29, 1.82) is 0 Å². The molecule has 1 saturated carbocycles. The Labute approximate surface area is 110 Å². The van der Waals surface area contributed by atoms with E-state index in [2.05, 4.69) is 22.4 Å². The number of hydrogen-bond donors (Lipinski definition) is 0. The van der Waals surface area contributed by atoms with Crippen LogP contribution in [0, 0.1) is 0 Å². The van der Waals surface area contributed by atoms with Crippen LogP contribution in [0.3, 0.4) is 0 Å². The Bertz CT molecular complexity index is 514. The first-order valence-corrected chi connectivity index (χ1v) is 7.03. The lowest BCUT2D eigenvalue weighted by atomic mass is 10.3. The summed E-state index contributed by atoms with van der Waals surface area (Å²) >= 11 is 1.79. The first-order valence-electron chi connectivity index (χ1n) is 6.15. The summed E-state index contributed by atoms with van der Waals surface area (Å²) in [6, 6.07) is 8.56. The number of carbonyl (C=O) groups excluding carboxylic acids is 1. The lowest BCUT2D eigenvalue weighted by molar-refractivity contribution is 0.109. The molecule has 0 amide bonds. The Morgan fingerprint density at radius 2 is 2.22 bits per heavy atom. The van der Waals surface area contributed by atoms with Crippen LogP contribution in [0.1, 0.15) is 34.0 Å². The minimum Gasteiger partial charge on any atom is -0.457 e. The van der Waals surface area contributed by atoms with Crippen LogP contribution in [0.4, 0.5) is 0 Å². The summed E-state index contributed by atoms with van der Waals surface area (Å²) in [7, 11) is 0. The van der Waals surface area contributed by atoms with E-state index in [9.17, 15) is 4.79 Å². The van der Waals surface area contributed by atoms with Gasteiger partial charge in [-0.1, -0.05) is 6.07 Å². The summed E-state index contributed by atoms with van der Waals surface area (Å²) in [6.07, 6.45) is 3.30. The highest BCUT2D eigenvalue weighted by atomic mass is 32.1. The third kappa shape index (κ3) is 2.71. The third-order valence-electron chi connectivity index (χ3n) is 3.16. The van der Waals surface area contributed by atoms with Crippen LogP contribution in [0.25, 0.3) is 0 Å². The fraction of sp³-hybridized carbons (Fsp3) is 0.357. The molecule has 2 aromatic heterocycles. The number of rotatable bonds is 6. The van der Waals surface area contributed by atoms with Crippen LogP contribution in [0.2, 0.25) is 0 Å². The Morgan fingerprint density at radius 1 is 1.33 bits per heavy atom. The van der Waals surface area contributed by atoms with Gasteiger partial charge in [0, 0.05) is 17.5 Å². The van der Waals surface area contributed by atoms with Gasteiger partial charge in [-0.25, -0.2) is 0 Å². The van der Waals surface area contributed by atoms with Gasteiger partial charge >= 0.3 is 0 Å². The monoisotopic (exact) mass is 261 g/mol. The molecule has 2 aromatic rings. The minimum atomic E-state index is 0.414. The van der Waals surface area contributed by atoms with Crippen molar-refractivity contribution in [3.05, 3.63) is 46.0 Å². The molecule has 1 fully saturated rings. The van der Waals surface area contributed by atoms with Crippen molar-refractivity contribution in [2.75, 3.05) is 0 Å². The summed E-state index contributed by atoms with van der Waals surface area (Å²) in [5, 5.41) is 2.11. The molecule has 0 spiro atoms. The van der Waals surface area contributed by atoms with Gasteiger partial charge in [0.1, 0.15) is 5.76 Å². The van der Waals surface area contributed by atoms with Gasteiger partial charge in [-0.2, -0.15) is 0 Å². The van der Waals surface area contributed by atoms with Crippen molar-refractivity contribution in [2.24, 2.45) is 0 Å². The van der Waals surface area contributed by atoms with Crippen LogP contribution in [-0.2, 0) is 13.1 Å². The molecular formula is C14H15NO2S. The molecule has 0 saturated heterocycles. The predicted molar refractivity (Wildman–Crippen MR) is 70.7 cm³/mol. The molecule has 0 N–H and O–H groups in total. The molecule has 0 unspecified atom stereocenters. The fourth-order valence-corrected chi connectivity index (χ4v) is 2.83. The standard InChI is InChI=1S/C14H15NO2S/c16-10-13-6-5-12(17-13)8-15(11-3-4-11)9-14-2-1-7-18-14/h1-2,5-7,10-11H,3-4,8-9H2. The summed E-state index contributed by atoms with van der Waals surface area (Å²) in [5.74, 6) is 1.29. The van der Waals surface area contributed by atoms with Gasteiger partial charge in [0.2, 0.25) is 0 Å². The molecule has 0 bridgehead atoms. The number of hydrogen-bond acceptors (Lipinski definition) is 4. The fourth-order valence-electron chi connectivity index (χ4n) is 2.10. The molecule has 0 aliphatic heterocycles. The molecule has 94 valence electrons. The maximum Gasteiger partial charge on any atom is 0.185 e. The van der Waals surface area contributed by atoms with E-state index in [4.69, 9.17) is 4.42 Å². The van der Waals surface area contributed by atoms with E-state index in [1.54, 1.807) is 17.4 Å². The summed E-state index contributed by atoms with van der Waals surface area (Å²) in [5.41, 5.74) is 0. The van der Waals surface area contributed by atoms with Gasteiger partial charge in [0.05, 0.1) is 6.54 Å². The second kappa shape index (κ2) is 5.08. The van der Waals surface area contributed by atoms with E-state index in [0.29, 0.717) is 11.8 Å². The van der Waals surface area contributed by atoms with Crippen molar-refractivity contribution in [2.45, 2.75) is 32.0 Å². The van der Waals surface area contributed by atoms with E-state index in [1.807, 2.05) is 6.07 Å². The molecule has 0 aromatic carbocycles. The predicted octanol–water partition coefficient (Wildman–Crippen LogP) is 3.32. The molecule has 3 rings (SSSR count). The molecular weight excluding hydrogens is 246 g/mol. The maximum absolute atomic E-state index is 10.6. The second-order valence-corrected chi connectivity index (χ2v) is 5.67. The lowest BCUT2D eigenvalue weighted by Crippen LogP contribution is -2.24. The van der Waals surface area contributed by atoms with E-state index >= 15 is 0 Å². The van der Waals surface area contributed by atoms with Crippen molar-refractivity contribution < 1.29 is 9.21 Å². The van der Waals surface area contributed by atoms with Crippen molar-refractivity contribution in [1.82, 2.24) is 4.90 Å². The van der Waals surface area contributed by atoms with E-state index in [-0.39, 0.29) is 0 Å². The highest BCUT2D eigenvalue weighted by molar-refractivity contribution is 7.09.